The van der Waals surface area contributed by atoms with E-state index >= 15 is 0 Å². The summed E-state index contributed by atoms with van der Waals surface area (Å²) in [4.78, 5) is 39.0. The van der Waals surface area contributed by atoms with Crippen LogP contribution in [0.1, 0.15) is 38.9 Å². The van der Waals surface area contributed by atoms with Gasteiger partial charge in [0.25, 0.3) is 0 Å². The minimum Gasteiger partial charge on any atom is -0.450 e. The first-order valence-corrected chi connectivity index (χ1v) is 7.50. The van der Waals surface area contributed by atoms with Crippen LogP contribution in [0, 0.1) is 0 Å². The Morgan fingerprint density at radius 1 is 1.32 bits per heavy atom. The van der Waals surface area contributed by atoms with E-state index in [0.717, 1.165) is 4.88 Å². The van der Waals surface area contributed by atoms with Crippen LogP contribution in [-0.2, 0) is 16.1 Å². The largest absolute Gasteiger partial charge is 0.450 e. The summed E-state index contributed by atoms with van der Waals surface area (Å²) in [6.45, 7) is 3.35. The Bertz CT molecular complexity index is 676. The van der Waals surface area contributed by atoms with Gasteiger partial charge in [0.1, 0.15) is 5.69 Å². The summed E-state index contributed by atoms with van der Waals surface area (Å²) < 4.78 is 5.14. The van der Waals surface area contributed by atoms with Crippen LogP contribution in [0.4, 0.5) is 0 Å². The van der Waals surface area contributed by atoms with Gasteiger partial charge < -0.3 is 15.0 Å². The first-order chi connectivity index (χ1) is 10.5. The summed E-state index contributed by atoms with van der Waals surface area (Å²) in [7, 11) is 0. The molecule has 116 valence electrons. The number of carbonyl (C=O) groups is 3. The van der Waals surface area contributed by atoms with Crippen molar-refractivity contribution in [3.63, 3.8) is 0 Å². The van der Waals surface area contributed by atoms with Crippen LogP contribution in [-0.4, -0.2) is 28.7 Å². The van der Waals surface area contributed by atoms with E-state index in [0.29, 0.717) is 17.1 Å². The number of hydrogen-bond acceptors (Lipinski definition) is 5. The number of H-pyrrole nitrogens is 1. The van der Waals surface area contributed by atoms with Crippen LogP contribution in [0.15, 0.2) is 30.5 Å². The van der Waals surface area contributed by atoms with E-state index in [2.05, 4.69) is 10.3 Å². The predicted molar refractivity (Wildman–Crippen MR) is 81.8 cm³/mol. The zero-order valence-corrected chi connectivity index (χ0v) is 13.0. The third-order valence-electron chi connectivity index (χ3n) is 2.89. The molecule has 2 aromatic heterocycles. The van der Waals surface area contributed by atoms with Crippen LogP contribution < -0.4 is 5.32 Å². The van der Waals surface area contributed by atoms with Gasteiger partial charge in [-0.2, -0.15) is 0 Å². The van der Waals surface area contributed by atoms with Crippen LogP contribution >= 0.6 is 11.3 Å². The van der Waals surface area contributed by atoms with Crippen molar-refractivity contribution in [1.82, 2.24) is 10.3 Å². The Morgan fingerprint density at radius 3 is 2.73 bits per heavy atom. The standard InChI is InChI=1S/C15H16N2O4S/c1-9(21-15(20)12-4-3-7-16-12)14(19)13-6-5-11(22-13)8-17-10(2)18/h3-7,9,16H,8H2,1-2H3,(H,17,18)/t9-/m1/s1. The van der Waals surface area contributed by atoms with Gasteiger partial charge in [0.15, 0.2) is 6.10 Å². The third kappa shape index (κ3) is 4.05. The number of rotatable bonds is 6. The van der Waals surface area contributed by atoms with Gasteiger partial charge in [-0.1, -0.05) is 0 Å². The molecule has 0 fully saturated rings. The van der Waals surface area contributed by atoms with Crippen LogP contribution in [0.5, 0.6) is 0 Å². The average Bonchev–Trinajstić information content (AvgIpc) is 3.15. The number of thiophene rings is 1. The first kappa shape index (κ1) is 16.0. The van der Waals surface area contributed by atoms with Crippen molar-refractivity contribution in [2.45, 2.75) is 26.5 Å². The normalized spacial score (nSPS) is 11.7. The quantitative estimate of drug-likeness (QED) is 0.630. The fourth-order valence-electron chi connectivity index (χ4n) is 1.75. The number of amides is 1. The molecule has 2 heterocycles. The number of aromatic nitrogens is 1. The topological polar surface area (TPSA) is 88.3 Å². The van der Waals surface area contributed by atoms with E-state index in [1.807, 2.05) is 0 Å². The highest BCUT2D eigenvalue weighted by Gasteiger charge is 2.22. The monoisotopic (exact) mass is 320 g/mol. The third-order valence-corrected chi connectivity index (χ3v) is 3.99. The summed E-state index contributed by atoms with van der Waals surface area (Å²) in [5.41, 5.74) is 0.303. The summed E-state index contributed by atoms with van der Waals surface area (Å²) in [6, 6.07) is 6.70. The highest BCUT2D eigenvalue weighted by atomic mass is 32.1. The van der Waals surface area contributed by atoms with Gasteiger partial charge in [-0.25, -0.2) is 4.79 Å². The van der Waals surface area contributed by atoms with E-state index in [4.69, 9.17) is 4.74 Å². The molecule has 0 aliphatic heterocycles. The summed E-state index contributed by atoms with van der Waals surface area (Å²) >= 11 is 1.27. The van der Waals surface area contributed by atoms with Gasteiger partial charge in [-0.3, -0.25) is 9.59 Å². The van der Waals surface area contributed by atoms with Crippen molar-refractivity contribution >= 4 is 29.0 Å². The fourth-order valence-corrected chi connectivity index (χ4v) is 2.72. The highest BCUT2D eigenvalue weighted by Crippen LogP contribution is 2.19. The highest BCUT2D eigenvalue weighted by molar-refractivity contribution is 7.14. The molecule has 0 aliphatic rings. The molecule has 0 spiro atoms. The van der Waals surface area contributed by atoms with Crippen molar-refractivity contribution in [3.8, 4) is 0 Å². The molecule has 22 heavy (non-hydrogen) atoms. The molecule has 0 saturated carbocycles. The maximum Gasteiger partial charge on any atom is 0.355 e. The van der Waals surface area contributed by atoms with Gasteiger partial charge in [0, 0.05) is 18.0 Å². The van der Waals surface area contributed by atoms with Crippen LogP contribution in [0.25, 0.3) is 0 Å². The molecule has 7 heteroatoms. The number of nitrogens with one attached hydrogen (secondary N) is 2. The molecule has 0 bridgehead atoms. The second kappa shape index (κ2) is 7.04. The van der Waals surface area contributed by atoms with Crippen molar-refractivity contribution in [2.24, 2.45) is 0 Å². The second-order valence-corrected chi connectivity index (χ2v) is 5.84. The Labute approximate surface area is 131 Å². The molecular weight excluding hydrogens is 304 g/mol. The van der Waals surface area contributed by atoms with E-state index < -0.39 is 12.1 Å². The number of ether oxygens (including phenoxy) is 1. The summed E-state index contributed by atoms with van der Waals surface area (Å²) in [5, 5.41) is 2.66. The number of carbonyl (C=O) groups excluding carboxylic acids is 3. The van der Waals surface area contributed by atoms with Crippen LogP contribution in [0.2, 0.25) is 0 Å². The SMILES string of the molecule is CC(=O)NCc1ccc(C(=O)[C@@H](C)OC(=O)c2ccc[nH]2)s1. The molecule has 1 atom stereocenters. The number of hydrogen-bond donors (Lipinski definition) is 2. The predicted octanol–water partition coefficient (Wildman–Crippen LogP) is 2.14. The maximum absolute atomic E-state index is 12.2. The zero-order valence-electron chi connectivity index (χ0n) is 12.2. The lowest BCUT2D eigenvalue weighted by Gasteiger charge is -2.10. The summed E-state index contributed by atoms with van der Waals surface area (Å²) in [5.74, 6) is -0.964. The molecule has 2 aromatic rings. The average molecular weight is 320 g/mol. The molecule has 6 nitrogen and oxygen atoms in total. The minimum atomic E-state index is -0.872. The van der Waals surface area contributed by atoms with Crippen molar-refractivity contribution in [1.29, 1.82) is 0 Å². The zero-order chi connectivity index (χ0) is 16.1. The van der Waals surface area contributed by atoms with E-state index in [-0.39, 0.29) is 11.7 Å². The Morgan fingerprint density at radius 2 is 2.09 bits per heavy atom. The van der Waals surface area contributed by atoms with E-state index in [9.17, 15) is 14.4 Å². The maximum atomic E-state index is 12.2. The lowest BCUT2D eigenvalue weighted by Crippen LogP contribution is -2.24. The Hall–Kier alpha value is -2.41. The number of aromatic amines is 1. The summed E-state index contributed by atoms with van der Waals surface area (Å²) in [6.07, 6.45) is 0.736. The molecule has 0 aromatic carbocycles. The molecule has 0 unspecified atom stereocenters. The lowest BCUT2D eigenvalue weighted by molar-refractivity contribution is -0.119. The smallest absolute Gasteiger partial charge is 0.355 e. The van der Waals surface area contributed by atoms with E-state index in [1.54, 1.807) is 30.5 Å². The molecule has 1 amide bonds. The molecule has 0 aliphatic carbocycles. The molecule has 2 rings (SSSR count). The van der Waals surface area contributed by atoms with Crippen LogP contribution in [0.3, 0.4) is 0 Å². The van der Waals surface area contributed by atoms with Gasteiger partial charge >= 0.3 is 5.97 Å². The molecule has 0 saturated heterocycles. The van der Waals surface area contributed by atoms with Gasteiger partial charge in [0.2, 0.25) is 11.7 Å². The molecular formula is C15H16N2O4S. The molecule has 0 radical (unpaired) electrons. The van der Waals surface area contributed by atoms with Crippen molar-refractivity contribution < 1.29 is 19.1 Å². The number of esters is 1. The Kier molecular flexibility index (Phi) is 5.11. The lowest BCUT2D eigenvalue weighted by atomic mass is 10.2. The molecule has 2 N–H and O–H groups in total. The van der Waals surface area contributed by atoms with E-state index in [1.165, 1.54) is 25.2 Å². The van der Waals surface area contributed by atoms with Gasteiger partial charge in [0.05, 0.1) is 11.4 Å². The first-order valence-electron chi connectivity index (χ1n) is 6.69. The fraction of sp³-hybridized carbons (Fsp3) is 0.267. The van der Waals surface area contributed by atoms with Crippen molar-refractivity contribution in [2.75, 3.05) is 0 Å². The Balaban J connectivity index is 1.95. The van der Waals surface area contributed by atoms with Gasteiger partial charge in [-0.15, -0.1) is 11.3 Å². The van der Waals surface area contributed by atoms with Gasteiger partial charge in [-0.05, 0) is 31.2 Å². The van der Waals surface area contributed by atoms with Crippen molar-refractivity contribution in [3.05, 3.63) is 45.9 Å². The number of ketones is 1. The minimum absolute atomic E-state index is 0.130. The number of Topliss-reactive ketones (excluding diaryl/α,β-unsaturated/α-hetero) is 1. The second-order valence-electron chi connectivity index (χ2n) is 4.67.